The highest BCUT2D eigenvalue weighted by Crippen LogP contribution is 2.17. The first-order valence-corrected chi connectivity index (χ1v) is 6.46. The number of hydrogen-bond donors (Lipinski definition) is 2. The Bertz CT molecular complexity index is 523. The van der Waals surface area contributed by atoms with Gasteiger partial charge in [0.1, 0.15) is 0 Å². The van der Waals surface area contributed by atoms with E-state index in [0.29, 0.717) is 0 Å². The zero-order chi connectivity index (χ0) is 13.1. The van der Waals surface area contributed by atoms with Crippen LogP contribution in [-0.2, 0) is 19.5 Å². The Kier molecular flexibility index (Phi) is 3.69. The van der Waals surface area contributed by atoms with Gasteiger partial charge in [0.15, 0.2) is 5.82 Å². The number of hydrogen-bond acceptors (Lipinski definition) is 3. The summed E-state index contributed by atoms with van der Waals surface area (Å²) in [5.74, 6) is 0.957. The Morgan fingerprint density at radius 3 is 2.72 bits per heavy atom. The maximum atomic E-state index is 4.44. The summed E-state index contributed by atoms with van der Waals surface area (Å²) in [6, 6.07) is 0. The fourth-order valence-corrected chi connectivity index (χ4v) is 2.10. The molecule has 0 aliphatic carbocycles. The monoisotopic (exact) mass is 247 g/mol. The molecule has 0 aliphatic rings. The maximum absolute atomic E-state index is 4.44. The third-order valence-corrected chi connectivity index (χ3v) is 3.25. The highest BCUT2D eigenvalue weighted by atomic mass is 15.3. The van der Waals surface area contributed by atoms with Crippen LogP contribution in [0.1, 0.15) is 36.4 Å². The zero-order valence-electron chi connectivity index (χ0n) is 11.5. The normalized spacial score (nSPS) is 10.9. The third kappa shape index (κ3) is 2.39. The van der Waals surface area contributed by atoms with Gasteiger partial charge in [-0.3, -0.25) is 9.78 Å². The second-order valence-electron chi connectivity index (χ2n) is 4.48. The van der Waals surface area contributed by atoms with Gasteiger partial charge >= 0.3 is 0 Å². The number of rotatable bonds is 5. The van der Waals surface area contributed by atoms with E-state index in [1.165, 1.54) is 11.1 Å². The molecule has 0 unspecified atom stereocenters. The highest BCUT2D eigenvalue weighted by Gasteiger charge is 2.09. The topological polar surface area (TPSA) is 58.5 Å². The number of aromatic nitrogens is 4. The lowest BCUT2D eigenvalue weighted by Gasteiger charge is -2.04. The van der Waals surface area contributed by atoms with Crippen LogP contribution in [0.15, 0.2) is 6.20 Å². The first kappa shape index (κ1) is 12.7. The van der Waals surface area contributed by atoms with Crippen molar-refractivity contribution in [2.24, 2.45) is 0 Å². The maximum Gasteiger partial charge on any atom is 0.151 e. The number of aryl methyl sites for hydroxylation is 3. The summed E-state index contributed by atoms with van der Waals surface area (Å²) < 4.78 is 1.96. The molecule has 0 aliphatic heterocycles. The Morgan fingerprint density at radius 1 is 1.33 bits per heavy atom. The highest BCUT2D eigenvalue weighted by molar-refractivity contribution is 5.46. The molecule has 2 aromatic heterocycles. The lowest BCUT2D eigenvalue weighted by Crippen LogP contribution is -2.02. The summed E-state index contributed by atoms with van der Waals surface area (Å²) in [6.07, 6.45) is 3.07. The van der Waals surface area contributed by atoms with E-state index in [1.54, 1.807) is 0 Å². The van der Waals surface area contributed by atoms with Crippen LogP contribution in [0.3, 0.4) is 0 Å². The van der Waals surface area contributed by atoms with Crippen molar-refractivity contribution >= 4 is 5.82 Å². The van der Waals surface area contributed by atoms with Crippen molar-refractivity contribution in [2.75, 3.05) is 5.32 Å². The minimum absolute atomic E-state index is 0.767. The molecule has 5 heteroatoms. The third-order valence-electron chi connectivity index (χ3n) is 3.25. The molecule has 18 heavy (non-hydrogen) atoms. The minimum atomic E-state index is 0.767. The van der Waals surface area contributed by atoms with Crippen molar-refractivity contribution in [3.8, 4) is 0 Å². The van der Waals surface area contributed by atoms with Gasteiger partial charge < -0.3 is 5.32 Å². The summed E-state index contributed by atoms with van der Waals surface area (Å²) in [5, 5.41) is 15.1. The molecule has 2 N–H and O–H groups in total. The lowest BCUT2D eigenvalue weighted by atomic mass is 10.2. The van der Waals surface area contributed by atoms with Crippen LogP contribution in [0, 0.1) is 13.8 Å². The van der Waals surface area contributed by atoms with Crippen LogP contribution < -0.4 is 5.32 Å². The molecule has 0 bridgehead atoms. The summed E-state index contributed by atoms with van der Waals surface area (Å²) in [6.45, 7) is 10.0. The molecule has 98 valence electrons. The van der Waals surface area contributed by atoms with Gasteiger partial charge in [-0.1, -0.05) is 6.92 Å². The van der Waals surface area contributed by atoms with Crippen LogP contribution in [0.25, 0.3) is 0 Å². The summed E-state index contributed by atoms with van der Waals surface area (Å²) in [5.41, 5.74) is 4.70. The van der Waals surface area contributed by atoms with E-state index in [-0.39, 0.29) is 0 Å². The van der Waals surface area contributed by atoms with Gasteiger partial charge in [0.25, 0.3) is 0 Å². The van der Waals surface area contributed by atoms with E-state index in [4.69, 9.17) is 0 Å². The number of nitrogens with one attached hydrogen (secondary N) is 2. The average molecular weight is 247 g/mol. The number of aromatic amines is 1. The van der Waals surface area contributed by atoms with Gasteiger partial charge in [0.05, 0.1) is 5.69 Å². The van der Waals surface area contributed by atoms with Gasteiger partial charge in [-0.15, -0.1) is 0 Å². The Morgan fingerprint density at radius 2 is 2.11 bits per heavy atom. The van der Waals surface area contributed by atoms with Gasteiger partial charge in [0, 0.05) is 36.1 Å². The molecule has 0 saturated carbocycles. The van der Waals surface area contributed by atoms with Crippen molar-refractivity contribution in [3.05, 3.63) is 28.7 Å². The fourth-order valence-electron chi connectivity index (χ4n) is 2.10. The van der Waals surface area contributed by atoms with E-state index in [1.807, 2.05) is 11.6 Å². The SMILES string of the molecule is CCc1c(NCc2cn(CC)nc2C)n[nH]c1C. The molecule has 5 nitrogen and oxygen atoms in total. The largest absolute Gasteiger partial charge is 0.364 e. The molecule has 0 fully saturated rings. The van der Waals surface area contributed by atoms with Crippen molar-refractivity contribution in [1.82, 2.24) is 20.0 Å². The summed E-state index contributed by atoms with van der Waals surface area (Å²) >= 11 is 0. The molecule has 2 rings (SSSR count). The Balaban J connectivity index is 2.08. The minimum Gasteiger partial charge on any atom is -0.364 e. The van der Waals surface area contributed by atoms with Crippen molar-refractivity contribution < 1.29 is 0 Å². The fraction of sp³-hybridized carbons (Fsp3) is 0.538. The number of anilines is 1. The summed E-state index contributed by atoms with van der Waals surface area (Å²) in [7, 11) is 0. The van der Waals surface area contributed by atoms with Crippen LogP contribution in [0.5, 0.6) is 0 Å². The van der Waals surface area contributed by atoms with Crippen molar-refractivity contribution in [3.63, 3.8) is 0 Å². The predicted molar refractivity (Wildman–Crippen MR) is 72.7 cm³/mol. The van der Waals surface area contributed by atoms with E-state index in [0.717, 1.165) is 36.7 Å². The molecule has 2 aromatic rings. The second-order valence-corrected chi connectivity index (χ2v) is 4.48. The Hall–Kier alpha value is -1.78. The van der Waals surface area contributed by atoms with Crippen LogP contribution in [0.2, 0.25) is 0 Å². The number of H-pyrrole nitrogens is 1. The quantitative estimate of drug-likeness (QED) is 0.853. The molecule has 0 aromatic carbocycles. The Labute approximate surface area is 108 Å². The molecular weight excluding hydrogens is 226 g/mol. The standard InChI is InChI=1S/C13H21N5/c1-5-12-10(4)15-16-13(12)14-7-11-8-18(6-2)17-9(11)3/h8H,5-7H2,1-4H3,(H2,14,15,16). The average Bonchev–Trinajstić information content (AvgIpc) is 2.90. The van der Waals surface area contributed by atoms with Gasteiger partial charge in [-0.25, -0.2) is 0 Å². The summed E-state index contributed by atoms with van der Waals surface area (Å²) in [4.78, 5) is 0. The van der Waals surface area contributed by atoms with Gasteiger partial charge in [-0.2, -0.15) is 10.2 Å². The molecule has 0 radical (unpaired) electrons. The first-order valence-electron chi connectivity index (χ1n) is 6.46. The molecule has 0 spiro atoms. The van der Waals surface area contributed by atoms with Crippen LogP contribution in [0.4, 0.5) is 5.82 Å². The van der Waals surface area contributed by atoms with Crippen LogP contribution >= 0.6 is 0 Å². The molecular formula is C13H21N5. The number of nitrogens with zero attached hydrogens (tertiary/aromatic N) is 3. The van der Waals surface area contributed by atoms with Crippen molar-refractivity contribution in [1.29, 1.82) is 0 Å². The lowest BCUT2D eigenvalue weighted by molar-refractivity contribution is 0.653. The van der Waals surface area contributed by atoms with Gasteiger partial charge in [-0.05, 0) is 27.2 Å². The van der Waals surface area contributed by atoms with E-state index < -0.39 is 0 Å². The second kappa shape index (κ2) is 5.25. The predicted octanol–water partition coefficient (Wildman–Crippen LogP) is 2.42. The van der Waals surface area contributed by atoms with E-state index in [2.05, 4.69) is 47.6 Å². The first-order chi connectivity index (χ1) is 8.65. The zero-order valence-corrected chi connectivity index (χ0v) is 11.5. The van der Waals surface area contributed by atoms with Crippen molar-refractivity contribution in [2.45, 2.75) is 47.2 Å². The molecule has 2 heterocycles. The van der Waals surface area contributed by atoms with Gasteiger partial charge in [0.2, 0.25) is 0 Å². The molecule has 0 amide bonds. The smallest absolute Gasteiger partial charge is 0.151 e. The molecule has 0 atom stereocenters. The van der Waals surface area contributed by atoms with E-state index >= 15 is 0 Å². The van der Waals surface area contributed by atoms with E-state index in [9.17, 15) is 0 Å². The van der Waals surface area contributed by atoms with Crippen LogP contribution in [-0.4, -0.2) is 20.0 Å². The molecule has 0 saturated heterocycles.